The molecule has 0 aromatic carbocycles. The molecule has 0 bridgehead atoms. The molecule has 18 heavy (non-hydrogen) atoms. The highest BCUT2D eigenvalue weighted by Crippen LogP contribution is 2.13. The third kappa shape index (κ3) is 3.26. The van der Waals surface area contributed by atoms with Crippen molar-refractivity contribution in [1.29, 1.82) is 5.26 Å². The van der Waals surface area contributed by atoms with Gasteiger partial charge in [0.1, 0.15) is 17.8 Å². The predicted octanol–water partition coefficient (Wildman–Crippen LogP) is 0.254. The van der Waals surface area contributed by atoms with E-state index < -0.39 is 11.1 Å². The van der Waals surface area contributed by atoms with Crippen LogP contribution in [0.15, 0.2) is 18.3 Å². The molecule has 2 heterocycles. The van der Waals surface area contributed by atoms with Gasteiger partial charge in [-0.1, -0.05) is 0 Å². The van der Waals surface area contributed by atoms with Crippen LogP contribution in [0.1, 0.15) is 5.56 Å². The fourth-order valence-corrected chi connectivity index (χ4v) is 2.47. The van der Waals surface area contributed by atoms with E-state index in [0.717, 1.165) is 32.0 Å². The monoisotopic (exact) mass is 266 g/mol. The van der Waals surface area contributed by atoms with Gasteiger partial charge in [0.15, 0.2) is 11.1 Å². The lowest BCUT2D eigenvalue weighted by molar-refractivity contribution is 0.292. The molecule has 1 fully saturated rings. The first-order valence-electron chi connectivity index (χ1n) is 5.60. The first kappa shape index (κ1) is 13.0. The Labute approximate surface area is 108 Å². The molecular formula is C11H14N4O2S. The zero-order valence-electron chi connectivity index (χ0n) is 9.82. The molecule has 1 atom stereocenters. The Balaban J connectivity index is 1.93. The number of rotatable bonds is 3. The van der Waals surface area contributed by atoms with Crippen LogP contribution in [0, 0.1) is 11.3 Å². The summed E-state index contributed by atoms with van der Waals surface area (Å²) in [5.74, 6) is 1.05. The third-order valence-electron chi connectivity index (χ3n) is 2.87. The first-order chi connectivity index (χ1) is 8.69. The maximum absolute atomic E-state index is 10.7. The van der Waals surface area contributed by atoms with Crippen LogP contribution in [0.25, 0.3) is 0 Å². The number of hydrogen-bond acceptors (Lipinski definition) is 5. The van der Waals surface area contributed by atoms with E-state index in [0.29, 0.717) is 5.56 Å². The van der Waals surface area contributed by atoms with Crippen molar-refractivity contribution < 1.29 is 8.76 Å². The summed E-state index contributed by atoms with van der Waals surface area (Å²) >= 11 is -1.77. The Hall–Kier alpha value is -1.49. The molecule has 0 saturated carbocycles. The Morgan fingerprint density at radius 2 is 2.11 bits per heavy atom. The molecule has 1 saturated heterocycles. The smallest absolute Gasteiger partial charge is 0.167 e. The number of nitriles is 1. The van der Waals surface area contributed by atoms with E-state index in [1.165, 1.54) is 0 Å². The maximum Gasteiger partial charge on any atom is 0.167 e. The summed E-state index contributed by atoms with van der Waals surface area (Å²) in [5, 5.41) is 8.69. The number of nitrogens with zero attached hydrogens (tertiary/aromatic N) is 4. The van der Waals surface area contributed by atoms with Crippen molar-refractivity contribution in [2.75, 3.05) is 37.0 Å². The number of hydrogen-bond donors (Lipinski definition) is 1. The molecule has 96 valence electrons. The van der Waals surface area contributed by atoms with Crippen LogP contribution in [-0.2, 0) is 11.1 Å². The molecule has 1 unspecified atom stereocenters. The van der Waals surface area contributed by atoms with Crippen LogP contribution in [0.4, 0.5) is 5.82 Å². The molecule has 6 nitrogen and oxygen atoms in total. The highest BCUT2D eigenvalue weighted by molar-refractivity contribution is 7.79. The Kier molecular flexibility index (Phi) is 4.25. The SMILES string of the molecule is N#Cc1ccc(N2CCN(CS(=O)O)CC2)nc1. The van der Waals surface area contributed by atoms with Crippen LogP contribution in [0.5, 0.6) is 0 Å². The summed E-state index contributed by atoms with van der Waals surface area (Å²) in [4.78, 5) is 8.30. The van der Waals surface area contributed by atoms with E-state index in [2.05, 4.69) is 9.88 Å². The summed E-state index contributed by atoms with van der Waals surface area (Å²) in [6, 6.07) is 5.61. The molecule has 1 N–H and O–H groups in total. The minimum absolute atomic E-state index is 0.203. The lowest BCUT2D eigenvalue weighted by Crippen LogP contribution is -2.47. The van der Waals surface area contributed by atoms with Crippen LogP contribution in [0.3, 0.4) is 0 Å². The average molecular weight is 266 g/mol. The highest BCUT2D eigenvalue weighted by atomic mass is 32.2. The molecule has 1 aliphatic rings. The van der Waals surface area contributed by atoms with Crippen LogP contribution in [-0.4, -0.2) is 50.7 Å². The van der Waals surface area contributed by atoms with Crippen molar-refractivity contribution in [3.05, 3.63) is 23.9 Å². The number of pyridine rings is 1. The second-order valence-corrected chi connectivity index (χ2v) is 4.97. The standard InChI is InChI=1S/C11H14N4O2S/c12-7-10-1-2-11(13-8-10)15-5-3-14(4-6-15)9-18(16)17/h1-2,8H,3-6,9H2,(H,16,17). The third-order valence-corrected chi connectivity index (χ3v) is 3.45. The largest absolute Gasteiger partial charge is 0.354 e. The van der Waals surface area contributed by atoms with Crippen molar-refractivity contribution in [1.82, 2.24) is 9.88 Å². The minimum Gasteiger partial charge on any atom is -0.354 e. The summed E-state index contributed by atoms with van der Waals surface area (Å²) in [5.41, 5.74) is 0.549. The zero-order chi connectivity index (χ0) is 13.0. The molecule has 2 rings (SSSR count). The average Bonchev–Trinajstić information content (AvgIpc) is 2.39. The summed E-state index contributed by atoms with van der Waals surface area (Å²) < 4.78 is 19.5. The summed E-state index contributed by atoms with van der Waals surface area (Å²) in [6.45, 7) is 3.04. The maximum atomic E-state index is 10.7. The van der Waals surface area contributed by atoms with Crippen molar-refractivity contribution in [2.24, 2.45) is 0 Å². The zero-order valence-corrected chi connectivity index (χ0v) is 10.6. The van der Waals surface area contributed by atoms with E-state index >= 15 is 0 Å². The number of aromatic nitrogens is 1. The fraction of sp³-hybridized carbons (Fsp3) is 0.455. The van der Waals surface area contributed by atoms with Gasteiger partial charge in [0.05, 0.1) is 5.56 Å². The summed E-state index contributed by atoms with van der Waals surface area (Å²) in [6.07, 6.45) is 1.56. The van der Waals surface area contributed by atoms with Crippen molar-refractivity contribution >= 4 is 16.9 Å². The molecular weight excluding hydrogens is 252 g/mol. The highest BCUT2D eigenvalue weighted by Gasteiger charge is 2.18. The molecule has 1 aromatic rings. The van der Waals surface area contributed by atoms with Gasteiger partial charge in [0.25, 0.3) is 0 Å². The fourth-order valence-electron chi connectivity index (χ4n) is 1.90. The van der Waals surface area contributed by atoms with Gasteiger partial charge in [-0.25, -0.2) is 9.19 Å². The molecule has 1 aromatic heterocycles. The van der Waals surface area contributed by atoms with Gasteiger partial charge in [-0.05, 0) is 12.1 Å². The van der Waals surface area contributed by atoms with Gasteiger partial charge >= 0.3 is 0 Å². The topological polar surface area (TPSA) is 80.5 Å². The first-order valence-corrected chi connectivity index (χ1v) is 6.87. The lowest BCUT2D eigenvalue weighted by atomic mass is 10.3. The van der Waals surface area contributed by atoms with Gasteiger partial charge in [-0.2, -0.15) is 5.26 Å². The van der Waals surface area contributed by atoms with Gasteiger partial charge in [-0.3, -0.25) is 4.90 Å². The Bertz CT molecular complexity index is 463. The Morgan fingerprint density at radius 1 is 1.39 bits per heavy atom. The second-order valence-electron chi connectivity index (χ2n) is 4.07. The van der Waals surface area contributed by atoms with Crippen LogP contribution >= 0.6 is 0 Å². The van der Waals surface area contributed by atoms with E-state index in [4.69, 9.17) is 9.81 Å². The minimum atomic E-state index is -1.77. The summed E-state index contributed by atoms with van der Waals surface area (Å²) in [7, 11) is 0. The van der Waals surface area contributed by atoms with Gasteiger partial charge in [0.2, 0.25) is 0 Å². The van der Waals surface area contributed by atoms with E-state index in [-0.39, 0.29) is 5.88 Å². The van der Waals surface area contributed by atoms with Crippen molar-refractivity contribution in [3.8, 4) is 6.07 Å². The number of anilines is 1. The van der Waals surface area contributed by atoms with Gasteiger partial charge in [-0.15, -0.1) is 0 Å². The molecule has 7 heteroatoms. The normalized spacial score (nSPS) is 18.3. The van der Waals surface area contributed by atoms with Crippen molar-refractivity contribution in [3.63, 3.8) is 0 Å². The number of piperazine rings is 1. The van der Waals surface area contributed by atoms with E-state index in [1.807, 2.05) is 17.0 Å². The molecule has 0 aliphatic carbocycles. The van der Waals surface area contributed by atoms with Gasteiger partial charge < -0.3 is 9.45 Å². The van der Waals surface area contributed by atoms with Gasteiger partial charge in [0, 0.05) is 32.4 Å². The molecule has 1 aliphatic heterocycles. The second kappa shape index (κ2) is 5.91. The van der Waals surface area contributed by atoms with E-state index in [9.17, 15) is 4.21 Å². The van der Waals surface area contributed by atoms with Crippen LogP contribution < -0.4 is 4.90 Å². The van der Waals surface area contributed by atoms with Crippen molar-refractivity contribution in [2.45, 2.75) is 0 Å². The van der Waals surface area contributed by atoms with Crippen LogP contribution in [0.2, 0.25) is 0 Å². The molecule has 0 spiro atoms. The lowest BCUT2D eigenvalue weighted by Gasteiger charge is -2.34. The molecule has 0 radical (unpaired) electrons. The Morgan fingerprint density at radius 3 is 2.61 bits per heavy atom. The van der Waals surface area contributed by atoms with E-state index in [1.54, 1.807) is 12.3 Å². The quantitative estimate of drug-likeness (QED) is 0.790. The predicted molar refractivity (Wildman–Crippen MR) is 68.4 cm³/mol. The molecule has 0 amide bonds.